The van der Waals surface area contributed by atoms with E-state index in [1.165, 1.54) is 47.0 Å². The van der Waals surface area contributed by atoms with Crippen LogP contribution in [-0.4, -0.2) is 55.6 Å². The first-order chi connectivity index (χ1) is 15.7. The largest absolute Gasteiger partial charge is 0.468 e. The lowest BCUT2D eigenvalue weighted by atomic mass is 10.2. The van der Waals surface area contributed by atoms with Gasteiger partial charge in [0.2, 0.25) is 10.0 Å². The summed E-state index contributed by atoms with van der Waals surface area (Å²) in [5.74, 6) is -0.975. The molecule has 0 aliphatic heterocycles. The van der Waals surface area contributed by atoms with Gasteiger partial charge in [-0.3, -0.25) is 9.59 Å². The second kappa shape index (κ2) is 9.41. The van der Waals surface area contributed by atoms with Crippen molar-refractivity contribution in [2.24, 2.45) is 4.99 Å². The van der Waals surface area contributed by atoms with Gasteiger partial charge in [-0.05, 0) is 61.6 Å². The minimum Gasteiger partial charge on any atom is -0.468 e. The zero-order valence-corrected chi connectivity index (χ0v) is 20.8. The number of carbonyl (C=O) groups is 2. The van der Waals surface area contributed by atoms with Crippen LogP contribution in [0.25, 0.3) is 10.2 Å². The van der Waals surface area contributed by atoms with Crippen molar-refractivity contribution in [2.45, 2.75) is 35.2 Å². The van der Waals surface area contributed by atoms with Gasteiger partial charge in [-0.2, -0.15) is 9.30 Å². The van der Waals surface area contributed by atoms with Gasteiger partial charge in [-0.1, -0.05) is 11.3 Å². The lowest BCUT2D eigenvalue weighted by molar-refractivity contribution is -0.141. The maximum Gasteiger partial charge on any atom is 0.325 e. The van der Waals surface area contributed by atoms with Crippen molar-refractivity contribution < 1.29 is 22.7 Å². The first-order valence-electron chi connectivity index (χ1n) is 10.2. The fourth-order valence-corrected chi connectivity index (χ4v) is 6.33. The number of sulfonamides is 1. The number of carbonyl (C=O) groups excluding carboxylic acids is 2. The van der Waals surface area contributed by atoms with E-state index in [4.69, 9.17) is 4.74 Å². The lowest BCUT2D eigenvalue weighted by Gasteiger charge is -2.16. The van der Waals surface area contributed by atoms with Crippen LogP contribution < -0.4 is 4.80 Å². The van der Waals surface area contributed by atoms with Crippen LogP contribution in [0.15, 0.2) is 57.2 Å². The Bertz CT molecular complexity index is 1390. The van der Waals surface area contributed by atoms with Gasteiger partial charge in [0, 0.05) is 23.5 Å². The van der Waals surface area contributed by atoms with Crippen LogP contribution in [-0.2, 0) is 26.1 Å². The molecule has 0 saturated heterocycles. The SMILES string of the molecule is COC(=O)Cn1c(=NC(=O)c2ccc(S(=O)(=O)N(C)C3CC3)cc2)sc2cc(SC)ccc21. The maximum absolute atomic E-state index is 12.9. The molecule has 174 valence electrons. The lowest BCUT2D eigenvalue weighted by Crippen LogP contribution is -2.28. The Morgan fingerprint density at radius 3 is 2.52 bits per heavy atom. The first kappa shape index (κ1) is 23.7. The zero-order chi connectivity index (χ0) is 23.8. The molecule has 1 fully saturated rings. The molecule has 0 spiro atoms. The molecule has 1 saturated carbocycles. The molecule has 8 nitrogen and oxygen atoms in total. The topological polar surface area (TPSA) is 98.0 Å². The molecule has 0 radical (unpaired) electrons. The second-order valence-corrected chi connectivity index (χ2v) is 11.5. The molecular formula is C22H23N3O5S3. The van der Waals surface area contributed by atoms with Crippen LogP contribution >= 0.6 is 23.1 Å². The Balaban J connectivity index is 1.69. The van der Waals surface area contributed by atoms with E-state index in [1.807, 2.05) is 24.5 Å². The molecule has 3 aromatic rings. The summed E-state index contributed by atoms with van der Waals surface area (Å²) in [6, 6.07) is 11.6. The van der Waals surface area contributed by atoms with Crippen LogP contribution in [0.2, 0.25) is 0 Å². The number of hydrogen-bond acceptors (Lipinski definition) is 7. The smallest absolute Gasteiger partial charge is 0.325 e. The van der Waals surface area contributed by atoms with Gasteiger partial charge >= 0.3 is 5.97 Å². The van der Waals surface area contributed by atoms with E-state index >= 15 is 0 Å². The molecule has 0 unspecified atom stereocenters. The van der Waals surface area contributed by atoms with Crippen molar-refractivity contribution in [3.63, 3.8) is 0 Å². The van der Waals surface area contributed by atoms with Crippen molar-refractivity contribution in [1.82, 2.24) is 8.87 Å². The third-order valence-electron chi connectivity index (χ3n) is 5.44. The number of nitrogens with zero attached hydrogens (tertiary/aromatic N) is 3. The molecular weight excluding hydrogens is 482 g/mol. The quantitative estimate of drug-likeness (QED) is 0.362. The van der Waals surface area contributed by atoms with Gasteiger partial charge in [-0.25, -0.2) is 8.42 Å². The Morgan fingerprint density at radius 1 is 1.21 bits per heavy atom. The Kier molecular flexibility index (Phi) is 6.76. The van der Waals surface area contributed by atoms with Crippen LogP contribution in [0.1, 0.15) is 23.2 Å². The van der Waals surface area contributed by atoms with E-state index in [0.717, 1.165) is 28.0 Å². The molecule has 2 aromatic carbocycles. The Hall–Kier alpha value is -2.47. The number of esters is 1. The van der Waals surface area contributed by atoms with Gasteiger partial charge in [0.05, 0.1) is 22.2 Å². The normalized spacial score (nSPS) is 14.7. The molecule has 1 heterocycles. The van der Waals surface area contributed by atoms with Crippen molar-refractivity contribution in [2.75, 3.05) is 20.4 Å². The maximum atomic E-state index is 12.9. The summed E-state index contributed by atoms with van der Waals surface area (Å²) in [6.45, 7) is -0.0775. The molecule has 11 heteroatoms. The highest BCUT2D eigenvalue weighted by atomic mass is 32.2. The summed E-state index contributed by atoms with van der Waals surface area (Å²) in [4.78, 5) is 30.6. The number of aromatic nitrogens is 1. The average molecular weight is 506 g/mol. The number of hydrogen-bond donors (Lipinski definition) is 0. The number of amides is 1. The summed E-state index contributed by atoms with van der Waals surface area (Å²) in [5.41, 5.74) is 1.04. The molecule has 4 rings (SSSR count). The summed E-state index contributed by atoms with van der Waals surface area (Å²) >= 11 is 2.90. The van der Waals surface area contributed by atoms with E-state index in [0.29, 0.717) is 4.80 Å². The van der Waals surface area contributed by atoms with Crippen molar-refractivity contribution in [3.05, 3.63) is 52.8 Å². The van der Waals surface area contributed by atoms with Crippen molar-refractivity contribution >= 4 is 55.2 Å². The summed E-state index contributed by atoms with van der Waals surface area (Å²) < 4.78 is 34.1. The summed E-state index contributed by atoms with van der Waals surface area (Å²) in [5, 5.41) is 0. The Morgan fingerprint density at radius 2 is 1.91 bits per heavy atom. The minimum absolute atomic E-state index is 0.0520. The monoisotopic (exact) mass is 505 g/mol. The zero-order valence-electron chi connectivity index (χ0n) is 18.3. The van der Waals surface area contributed by atoms with Crippen LogP contribution in [0.5, 0.6) is 0 Å². The predicted octanol–water partition coefficient (Wildman–Crippen LogP) is 3.12. The molecule has 1 amide bonds. The minimum atomic E-state index is -3.59. The van der Waals surface area contributed by atoms with Crippen LogP contribution in [0.3, 0.4) is 0 Å². The van der Waals surface area contributed by atoms with Crippen LogP contribution in [0, 0.1) is 0 Å². The third-order valence-corrected chi connectivity index (χ3v) is 9.13. The van der Waals surface area contributed by atoms with Crippen molar-refractivity contribution in [1.29, 1.82) is 0 Å². The number of ether oxygens (including phenoxy) is 1. The highest BCUT2D eigenvalue weighted by Gasteiger charge is 2.35. The van der Waals surface area contributed by atoms with Gasteiger partial charge in [0.25, 0.3) is 5.91 Å². The predicted molar refractivity (Wildman–Crippen MR) is 128 cm³/mol. The van der Waals surface area contributed by atoms with Crippen molar-refractivity contribution in [3.8, 4) is 0 Å². The highest BCUT2D eigenvalue weighted by molar-refractivity contribution is 7.98. The molecule has 0 bridgehead atoms. The molecule has 0 N–H and O–H groups in total. The van der Waals surface area contributed by atoms with E-state index in [9.17, 15) is 18.0 Å². The van der Waals surface area contributed by atoms with Gasteiger partial charge in [-0.15, -0.1) is 11.8 Å². The van der Waals surface area contributed by atoms with Gasteiger partial charge < -0.3 is 9.30 Å². The highest BCUT2D eigenvalue weighted by Crippen LogP contribution is 2.30. The Labute approximate surface area is 199 Å². The van der Waals surface area contributed by atoms with E-state index in [1.54, 1.807) is 23.4 Å². The molecule has 1 aliphatic rings. The fraction of sp³-hybridized carbons (Fsp3) is 0.318. The second-order valence-electron chi connectivity index (χ2n) is 7.57. The van der Waals surface area contributed by atoms with E-state index in [2.05, 4.69) is 4.99 Å². The van der Waals surface area contributed by atoms with Gasteiger partial charge in [0.1, 0.15) is 6.54 Å². The number of methoxy groups -OCH3 is 1. The van der Waals surface area contributed by atoms with Crippen LogP contribution in [0.4, 0.5) is 0 Å². The van der Waals surface area contributed by atoms with Gasteiger partial charge in [0.15, 0.2) is 4.80 Å². The number of rotatable bonds is 7. The number of thioether (sulfide) groups is 1. The fourth-order valence-electron chi connectivity index (χ4n) is 3.33. The van der Waals surface area contributed by atoms with E-state index < -0.39 is 21.9 Å². The first-order valence-corrected chi connectivity index (χ1v) is 13.6. The third kappa shape index (κ3) is 4.91. The summed E-state index contributed by atoms with van der Waals surface area (Å²) in [7, 11) is -0.706. The molecule has 33 heavy (non-hydrogen) atoms. The molecule has 0 atom stereocenters. The average Bonchev–Trinajstić information content (AvgIpc) is 3.62. The van der Waals surface area contributed by atoms with E-state index in [-0.39, 0.29) is 23.0 Å². The summed E-state index contributed by atoms with van der Waals surface area (Å²) in [6.07, 6.45) is 3.70. The number of benzene rings is 2. The number of fused-ring (bicyclic) bond motifs is 1. The standard InChI is InChI=1S/C22H23N3O5S3/c1-24(15-6-7-15)33(28,29)17-9-4-14(5-10-17)21(27)23-22-25(13-20(26)30-2)18-11-8-16(31-3)12-19(18)32-22/h4-5,8-12,15H,6-7,13H2,1-3H3. The number of thiazole rings is 1. The molecule has 1 aromatic heterocycles. The molecule has 1 aliphatic carbocycles.